The Labute approximate surface area is 93.3 Å². The van der Waals surface area contributed by atoms with Crippen molar-refractivity contribution in [1.82, 2.24) is 5.32 Å². The maximum Gasteiger partial charge on any atom is 0.162 e. The summed E-state index contributed by atoms with van der Waals surface area (Å²) in [6.45, 7) is 3.14. The number of nitrogens with two attached hydrogens (primary N) is 1. The Balaban J connectivity index is 0.000000364. The highest BCUT2D eigenvalue weighted by Gasteiger charge is 2.02. The molecule has 3 N–H and O–H groups in total. The second-order valence-corrected chi connectivity index (χ2v) is 3.93. The van der Waals surface area contributed by atoms with Crippen molar-refractivity contribution in [2.45, 2.75) is 12.8 Å². The molecule has 0 atom stereocenters. The van der Waals surface area contributed by atoms with Crippen molar-refractivity contribution in [2.24, 2.45) is 0 Å². The normalized spacial score (nSPS) is 9.07. The number of anilines is 1. The first-order valence-corrected chi connectivity index (χ1v) is 5.58. The van der Waals surface area contributed by atoms with E-state index in [1.54, 1.807) is 6.07 Å². The van der Waals surface area contributed by atoms with E-state index < -0.39 is 0 Å². The topological polar surface area (TPSA) is 55.1 Å². The molecule has 1 rings (SSSR count). The molecule has 0 fully saturated rings. The Morgan fingerprint density at radius 2 is 2.29 bits per heavy atom. The molecule has 0 saturated carbocycles. The molecule has 0 saturated heterocycles. The summed E-state index contributed by atoms with van der Waals surface area (Å²) in [5.74, 6) is 0.419. The number of hydrogen-bond donors (Lipinski definition) is 2. The summed E-state index contributed by atoms with van der Waals surface area (Å²) in [6.07, 6.45) is 0.746. The van der Waals surface area contributed by atoms with E-state index in [9.17, 15) is 4.79 Å². The van der Waals surface area contributed by atoms with Crippen LogP contribution in [0.15, 0.2) is 6.07 Å². The molecule has 5 heteroatoms. The summed E-state index contributed by atoms with van der Waals surface area (Å²) >= 11 is 6.84. The van der Waals surface area contributed by atoms with Gasteiger partial charge >= 0.3 is 0 Å². The number of hydrogen-bond acceptors (Lipinski definition) is 4. The molecule has 14 heavy (non-hydrogen) atoms. The van der Waals surface area contributed by atoms with Gasteiger partial charge < -0.3 is 11.1 Å². The minimum Gasteiger partial charge on any atom is -0.397 e. The van der Waals surface area contributed by atoms with Crippen molar-refractivity contribution < 1.29 is 4.79 Å². The van der Waals surface area contributed by atoms with Gasteiger partial charge in [0.2, 0.25) is 0 Å². The third kappa shape index (κ3) is 4.60. The Hall–Kier alpha value is -0.580. The van der Waals surface area contributed by atoms with E-state index in [4.69, 9.17) is 17.3 Å². The van der Waals surface area contributed by atoms with E-state index in [-0.39, 0.29) is 0 Å². The van der Waals surface area contributed by atoms with Crippen molar-refractivity contribution in [3.63, 3.8) is 0 Å². The zero-order valence-electron chi connectivity index (χ0n) is 8.34. The van der Waals surface area contributed by atoms with E-state index in [1.165, 1.54) is 11.3 Å². The summed E-state index contributed by atoms with van der Waals surface area (Å²) < 4.78 is 0. The Kier molecular flexibility index (Phi) is 7.47. The second kappa shape index (κ2) is 7.79. The molecule has 0 aromatic carbocycles. The van der Waals surface area contributed by atoms with Gasteiger partial charge in [0, 0.05) is 4.88 Å². The van der Waals surface area contributed by atoms with Crippen LogP contribution < -0.4 is 11.1 Å². The fourth-order valence-corrected chi connectivity index (χ4v) is 1.62. The summed E-state index contributed by atoms with van der Waals surface area (Å²) in [5, 5.41) is 2.93. The summed E-state index contributed by atoms with van der Waals surface area (Å²) in [7, 11) is 1.93. The van der Waals surface area contributed by atoms with Crippen LogP contribution in [0.25, 0.3) is 0 Å². The maximum atomic E-state index is 10.2. The van der Waals surface area contributed by atoms with Crippen molar-refractivity contribution >= 4 is 34.9 Å². The molecule has 1 heterocycles. The van der Waals surface area contributed by atoms with Crippen molar-refractivity contribution in [2.75, 3.05) is 19.3 Å². The molecule has 0 unspecified atom stereocenters. The highest BCUT2D eigenvalue weighted by Crippen LogP contribution is 2.23. The number of thiophene rings is 1. The lowest BCUT2D eigenvalue weighted by atomic mass is 10.4. The van der Waals surface area contributed by atoms with Crippen molar-refractivity contribution in [3.8, 4) is 0 Å². The van der Waals surface area contributed by atoms with Gasteiger partial charge in [0.1, 0.15) is 0 Å². The molecular weight excluding hydrogens is 220 g/mol. The predicted molar refractivity (Wildman–Crippen MR) is 63.3 cm³/mol. The van der Waals surface area contributed by atoms with Crippen LogP contribution in [0.2, 0.25) is 0 Å². The number of carbonyl (C=O) groups is 1. The van der Waals surface area contributed by atoms with Gasteiger partial charge in [-0.3, -0.25) is 4.79 Å². The molecule has 0 spiro atoms. The molecule has 0 aliphatic heterocycles. The number of nitrogens with one attached hydrogen (secondary N) is 1. The monoisotopic (exact) mass is 234 g/mol. The van der Waals surface area contributed by atoms with Gasteiger partial charge in [0.25, 0.3) is 0 Å². The number of rotatable bonds is 3. The summed E-state index contributed by atoms with van der Waals surface area (Å²) in [6, 6.07) is 1.72. The lowest BCUT2D eigenvalue weighted by Crippen LogP contribution is -2.01. The highest BCUT2D eigenvalue weighted by molar-refractivity contribution is 7.14. The lowest BCUT2D eigenvalue weighted by Gasteiger charge is -1.80. The SMILES string of the molecule is CCNC.Nc1cc(CCl)sc1C=O. The van der Waals surface area contributed by atoms with E-state index in [1.807, 2.05) is 7.05 Å². The number of aldehydes is 1. The molecular formula is C9H15ClN2OS. The average Bonchev–Trinajstić information content (AvgIpc) is 2.59. The van der Waals surface area contributed by atoms with Crippen LogP contribution in [0.3, 0.4) is 0 Å². The van der Waals surface area contributed by atoms with Gasteiger partial charge in [-0.2, -0.15) is 0 Å². The molecule has 1 aromatic heterocycles. The smallest absolute Gasteiger partial charge is 0.162 e. The van der Waals surface area contributed by atoms with Gasteiger partial charge in [-0.05, 0) is 19.7 Å². The van der Waals surface area contributed by atoms with Gasteiger partial charge in [0.15, 0.2) is 6.29 Å². The fraction of sp³-hybridized carbons (Fsp3) is 0.444. The van der Waals surface area contributed by atoms with E-state index in [0.717, 1.165) is 17.7 Å². The van der Waals surface area contributed by atoms with Crippen LogP contribution in [-0.4, -0.2) is 19.9 Å². The Morgan fingerprint density at radius 1 is 1.71 bits per heavy atom. The van der Waals surface area contributed by atoms with Crippen LogP contribution in [0.1, 0.15) is 21.5 Å². The quantitative estimate of drug-likeness (QED) is 0.622. The van der Waals surface area contributed by atoms with Crippen LogP contribution in [0.4, 0.5) is 5.69 Å². The Bertz CT molecular complexity index is 274. The largest absolute Gasteiger partial charge is 0.397 e. The maximum absolute atomic E-state index is 10.2. The van der Waals surface area contributed by atoms with Gasteiger partial charge in [-0.15, -0.1) is 22.9 Å². The predicted octanol–water partition coefficient (Wildman–Crippen LogP) is 2.11. The number of nitrogen functional groups attached to an aromatic ring is 1. The Morgan fingerprint density at radius 3 is 2.50 bits per heavy atom. The van der Waals surface area contributed by atoms with E-state index in [0.29, 0.717) is 16.4 Å². The van der Waals surface area contributed by atoms with Crippen LogP contribution in [-0.2, 0) is 5.88 Å². The fourth-order valence-electron chi connectivity index (χ4n) is 0.632. The molecule has 0 aliphatic carbocycles. The van der Waals surface area contributed by atoms with Gasteiger partial charge in [0.05, 0.1) is 16.4 Å². The molecule has 0 aliphatic rings. The zero-order chi connectivity index (χ0) is 11.0. The standard InChI is InChI=1S/C6H6ClNOS.C3H9N/c7-2-4-1-5(8)6(3-9)10-4;1-3-4-2/h1,3H,2,8H2;4H,3H2,1-2H3. The minimum absolute atomic E-state index is 0.419. The molecule has 1 aromatic rings. The van der Waals surface area contributed by atoms with Crippen LogP contribution >= 0.6 is 22.9 Å². The molecule has 3 nitrogen and oxygen atoms in total. The number of carbonyl (C=O) groups excluding carboxylic acids is 1. The number of halogens is 1. The van der Waals surface area contributed by atoms with Crippen molar-refractivity contribution in [1.29, 1.82) is 0 Å². The zero-order valence-corrected chi connectivity index (χ0v) is 9.91. The van der Waals surface area contributed by atoms with E-state index in [2.05, 4.69) is 12.2 Å². The minimum atomic E-state index is 0.419. The number of alkyl halides is 1. The summed E-state index contributed by atoms with van der Waals surface area (Å²) in [5.41, 5.74) is 5.97. The van der Waals surface area contributed by atoms with Crippen LogP contribution in [0, 0.1) is 0 Å². The first kappa shape index (κ1) is 13.4. The molecule has 80 valence electrons. The lowest BCUT2D eigenvalue weighted by molar-refractivity contribution is 0.112. The highest BCUT2D eigenvalue weighted by atomic mass is 35.5. The molecule has 0 bridgehead atoms. The van der Waals surface area contributed by atoms with Crippen LogP contribution in [0.5, 0.6) is 0 Å². The average molecular weight is 235 g/mol. The molecule has 0 amide bonds. The van der Waals surface area contributed by atoms with Gasteiger partial charge in [-0.25, -0.2) is 0 Å². The first-order chi connectivity index (χ1) is 6.69. The van der Waals surface area contributed by atoms with Gasteiger partial charge in [-0.1, -0.05) is 6.92 Å². The molecule has 0 radical (unpaired) electrons. The first-order valence-electron chi connectivity index (χ1n) is 4.23. The van der Waals surface area contributed by atoms with E-state index >= 15 is 0 Å². The second-order valence-electron chi connectivity index (χ2n) is 2.49. The summed E-state index contributed by atoms with van der Waals surface area (Å²) in [4.78, 5) is 11.7. The third-order valence-electron chi connectivity index (χ3n) is 1.43. The van der Waals surface area contributed by atoms with Crippen molar-refractivity contribution in [3.05, 3.63) is 15.8 Å². The third-order valence-corrected chi connectivity index (χ3v) is 2.96.